The van der Waals surface area contributed by atoms with Gasteiger partial charge in [0.25, 0.3) is 0 Å². The minimum Gasteiger partial charge on any atom is -0.497 e. The fraction of sp³-hybridized carbons (Fsp3) is 0.231. The lowest BCUT2D eigenvalue weighted by Crippen LogP contribution is -2.00. The molecule has 0 aliphatic rings. The number of aromatic nitrogens is 1. The lowest BCUT2D eigenvalue weighted by Gasteiger charge is -2.08. The number of anilines is 1. The normalized spacial score (nSPS) is 9.83. The lowest BCUT2D eigenvalue weighted by atomic mass is 10.2. The number of benzene rings is 1. The van der Waals surface area contributed by atoms with Crippen molar-refractivity contribution in [2.75, 3.05) is 12.4 Å². The van der Waals surface area contributed by atoms with Gasteiger partial charge in [-0.2, -0.15) is 5.26 Å². The van der Waals surface area contributed by atoms with Gasteiger partial charge in [0.15, 0.2) is 0 Å². The summed E-state index contributed by atoms with van der Waals surface area (Å²) in [4.78, 5) is 5.33. The third-order valence-corrected chi connectivity index (χ3v) is 3.38. The molecule has 0 aliphatic carbocycles. The van der Waals surface area contributed by atoms with Crippen molar-refractivity contribution in [2.24, 2.45) is 0 Å². The van der Waals surface area contributed by atoms with Gasteiger partial charge in [0, 0.05) is 17.1 Å². The zero-order valence-corrected chi connectivity index (χ0v) is 11.0. The van der Waals surface area contributed by atoms with Gasteiger partial charge in [-0.15, -0.1) is 11.3 Å². The Hall–Kier alpha value is -2.06. The Morgan fingerprint density at radius 1 is 1.50 bits per heavy atom. The van der Waals surface area contributed by atoms with E-state index in [0.29, 0.717) is 12.1 Å². The summed E-state index contributed by atoms with van der Waals surface area (Å²) in [5, 5.41) is 13.3. The van der Waals surface area contributed by atoms with E-state index in [4.69, 9.17) is 10.00 Å². The van der Waals surface area contributed by atoms with Crippen molar-refractivity contribution in [3.8, 4) is 11.8 Å². The summed E-state index contributed by atoms with van der Waals surface area (Å²) in [7, 11) is 1.61. The SMILES string of the molecule is COc1ccc(C#N)c(NCc2cnc(C)s2)c1. The second-order valence-corrected chi connectivity index (χ2v) is 5.04. The van der Waals surface area contributed by atoms with Gasteiger partial charge in [0.1, 0.15) is 11.8 Å². The Morgan fingerprint density at radius 2 is 2.33 bits per heavy atom. The first-order chi connectivity index (χ1) is 8.72. The van der Waals surface area contributed by atoms with Crippen LogP contribution in [0.5, 0.6) is 5.75 Å². The van der Waals surface area contributed by atoms with Crippen LogP contribution in [0.4, 0.5) is 5.69 Å². The maximum absolute atomic E-state index is 9.04. The van der Waals surface area contributed by atoms with E-state index in [1.54, 1.807) is 30.6 Å². The predicted molar refractivity (Wildman–Crippen MR) is 71.9 cm³/mol. The van der Waals surface area contributed by atoms with Crippen LogP contribution in [0.3, 0.4) is 0 Å². The number of rotatable bonds is 4. The van der Waals surface area contributed by atoms with Crippen LogP contribution < -0.4 is 10.1 Å². The monoisotopic (exact) mass is 259 g/mol. The molecule has 0 amide bonds. The zero-order chi connectivity index (χ0) is 13.0. The fourth-order valence-electron chi connectivity index (χ4n) is 1.56. The van der Waals surface area contributed by atoms with Crippen molar-refractivity contribution in [3.63, 3.8) is 0 Å². The van der Waals surface area contributed by atoms with Crippen molar-refractivity contribution >= 4 is 17.0 Å². The smallest absolute Gasteiger partial charge is 0.121 e. The molecule has 0 spiro atoms. The third-order valence-electron chi connectivity index (χ3n) is 2.47. The third kappa shape index (κ3) is 2.79. The molecule has 0 aliphatic heterocycles. The van der Waals surface area contributed by atoms with Crippen molar-refractivity contribution in [1.29, 1.82) is 5.26 Å². The first kappa shape index (κ1) is 12.4. The number of hydrogen-bond acceptors (Lipinski definition) is 5. The molecule has 1 aromatic heterocycles. The van der Waals surface area contributed by atoms with Crippen molar-refractivity contribution in [1.82, 2.24) is 4.98 Å². The largest absolute Gasteiger partial charge is 0.497 e. The molecule has 1 N–H and O–H groups in total. The van der Waals surface area contributed by atoms with Gasteiger partial charge in [-0.3, -0.25) is 0 Å². The molecule has 0 fully saturated rings. The lowest BCUT2D eigenvalue weighted by molar-refractivity contribution is 0.415. The second-order valence-electron chi connectivity index (χ2n) is 3.72. The van der Waals surface area contributed by atoms with E-state index in [1.807, 2.05) is 19.2 Å². The molecule has 5 heteroatoms. The summed E-state index contributed by atoms with van der Waals surface area (Å²) in [6, 6.07) is 7.51. The summed E-state index contributed by atoms with van der Waals surface area (Å²) < 4.78 is 5.15. The number of methoxy groups -OCH3 is 1. The van der Waals surface area contributed by atoms with Crippen LogP contribution in [-0.4, -0.2) is 12.1 Å². The number of aryl methyl sites for hydroxylation is 1. The van der Waals surface area contributed by atoms with Crippen molar-refractivity contribution in [3.05, 3.63) is 39.8 Å². The summed E-state index contributed by atoms with van der Waals surface area (Å²) in [6.45, 7) is 2.63. The van der Waals surface area contributed by atoms with E-state index in [9.17, 15) is 0 Å². The van der Waals surface area contributed by atoms with E-state index in [-0.39, 0.29) is 0 Å². The number of nitrogens with one attached hydrogen (secondary N) is 1. The van der Waals surface area contributed by atoms with Gasteiger partial charge in [-0.05, 0) is 19.1 Å². The van der Waals surface area contributed by atoms with E-state index in [2.05, 4.69) is 16.4 Å². The molecule has 1 heterocycles. The molecule has 2 aromatic rings. The minimum absolute atomic E-state index is 0.608. The van der Waals surface area contributed by atoms with Crippen LogP contribution >= 0.6 is 11.3 Å². The van der Waals surface area contributed by atoms with Crippen molar-refractivity contribution < 1.29 is 4.74 Å². The summed E-state index contributed by atoms with van der Waals surface area (Å²) in [5.74, 6) is 0.733. The average molecular weight is 259 g/mol. The molecule has 18 heavy (non-hydrogen) atoms. The highest BCUT2D eigenvalue weighted by Gasteiger charge is 2.05. The standard InChI is InChI=1S/C13H13N3OS/c1-9-15-7-12(18-9)8-16-13-5-11(17-2)4-3-10(13)6-14/h3-5,7,16H,8H2,1-2H3. The van der Waals surface area contributed by atoms with Gasteiger partial charge in [0.05, 0.1) is 29.9 Å². The molecule has 0 saturated heterocycles. The van der Waals surface area contributed by atoms with E-state index < -0.39 is 0 Å². The summed E-state index contributed by atoms with van der Waals surface area (Å²) in [5.41, 5.74) is 1.39. The molecule has 0 bridgehead atoms. The topological polar surface area (TPSA) is 57.9 Å². The number of nitrogens with zero attached hydrogens (tertiary/aromatic N) is 2. The Labute approximate surface area is 110 Å². The van der Waals surface area contributed by atoms with Crippen LogP contribution in [0.1, 0.15) is 15.4 Å². The zero-order valence-electron chi connectivity index (χ0n) is 10.2. The van der Waals surface area contributed by atoms with Gasteiger partial charge in [0.2, 0.25) is 0 Å². The van der Waals surface area contributed by atoms with Crippen LogP contribution in [0.25, 0.3) is 0 Å². The average Bonchev–Trinajstić information content (AvgIpc) is 2.81. The van der Waals surface area contributed by atoms with Gasteiger partial charge < -0.3 is 10.1 Å². The Morgan fingerprint density at radius 3 is 2.94 bits per heavy atom. The number of ether oxygens (including phenoxy) is 1. The molecule has 1 aromatic carbocycles. The number of nitriles is 1. The quantitative estimate of drug-likeness (QED) is 0.917. The first-order valence-electron chi connectivity index (χ1n) is 5.46. The van der Waals surface area contributed by atoms with Gasteiger partial charge in [-0.25, -0.2) is 4.98 Å². The Bertz CT molecular complexity index is 586. The molecule has 4 nitrogen and oxygen atoms in total. The predicted octanol–water partition coefficient (Wildman–Crippen LogP) is 2.94. The maximum Gasteiger partial charge on any atom is 0.121 e. The summed E-state index contributed by atoms with van der Waals surface area (Å²) >= 11 is 1.64. The van der Waals surface area contributed by atoms with Crippen LogP contribution in [0, 0.1) is 18.3 Å². The molecule has 0 atom stereocenters. The number of hydrogen-bond donors (Lipinski definition) is 1. The number of thiazole rings is 1. The molecular weight excluding hydrogens is 246 g/mol. The second kappa shape index (κ2) is 5.52. The minimum atomic E-state index is 0.608. The maximum atomic E-state index is 9.04. The van der Waals surface area contributed by atoms with E-state index in [0.717, 1.165) is 21.3 Å². The highest BCUT2D eigenvalue weighted by molar-refractivity contribution is 7.11. The Balaban J connectivity index is 2.15. The van der Waals surface area contributed by atoms with Gasteiger partial charge in [-0.1, -0.05) is 0 Å². The van der Waals surface area contributed by atoms with Crippen LogP contribution in [-0.2, 0) is 6.54 Å². The molecule has 0 saturated carbocycles. The molecular formula is C13H13N3OS. The fourth-order valence-corrected chi connectivity index (χ4v) is 2.30. The summed E-state index contributed by atoms with van der Waals surface area (Å²) in [6.07, 6.45) is 1.85. The molecule has 2 rings (SSSR count). The van der Waals surface area contributed by atoms with Crippen LogP contribution in [0.15, 0.2) is 24.4 Å². The highest BCUT2D eigenvalue weighted by atomic mass is 32.1. The first-order valence-corrected chi connectivity index (χ1v) is 6.28. The van der Waals surface area contributed by atoms with E-state index in [1.165, 1.54) is 0 Å². The molecule has 0 unspecified atom stereocenters. The molecule has 92 valence electrons. The highest BCUT2D eigenvalue weighted by Crippen LogP contribution is 2.23. The van der Waals surface area contributed by atoms with Crippen LogP contribution in [0.2, 0.25) is 0 Å². The molecule has 0 radical (unpaired) electrons. The Kier molecular flexibility index (Phi) is 3.80. The van der Waals surface area contributed by atoms with E-state index >= 15 is 0 Å². The van der Waals surface area contributed by atoms with Crippen molar-refractivity contribution in [2.45, 2.75) is 13.5 Å². The van der Waals surface area contributed by atoms with Gasteiger partial charge >= 0.3 is 0 Å².